The maximum absolute atomic E-state index is 12.6. The monoisotopic (exact) mass is 438 g/mol. The summed E-state index contributed by atoms with van der Waals surface area (Å²) < 4.78 is 11.9. The first-order valence-corrected chi connectivity index (χ1v) is 10.8. The van der Waals surface area contributed by atoms with Gasteiger partial charge in [0.1, 0.15) is 24.7 Å². The van der Waals surface area contributed by atoms with Crippen LogP contribution < -0.4 is 20.1 Å². The van der Waals surface area contributed by atoms with Gasteiger partial charge < -0.3 is 20.1 Å². The Hall–Kier alpha value is -4.25. The van der Waals surface area contributed by atoms with Crippen LogP contribution in [0.2, 0.25) is 0 Å². The smallest absolute Gasteiger partial charge is 0.243 e. The third kappa shape index (κ3) is 6.61. The maximum atomic E-state index is 12.6. The number of benzene rings is 4. The minimum atomic E-state index is -0.177. The van der Waals surface area contributed by atoms with Crippen LogP contribution in [0.1, 0.15) is 11.1 Å². The quantitative estimate of drug-likeness (QED) is 0.324. The number of rotatable bonds is 10. The molecule has 5 nitrogen and oxygen atoms in total. The molecule has 1 amide bonds. The summed E-state index contributed by atoms with van der Waals surface area (Å²) in [5, 5.41) is 6.10. The Morgan fingerprint density at radius 1 is 0.576 bits per heavy atom. The van der Waals surface area contributed by atoms with E-state index < -0.39 is 0 Å². The van der Waals surface area contributed by atoms with Crippen molar-refractivity contribution in [3.8, 4) is 11.5 Å². The van der Waals surface area contributed by atoms with Gasteiger partial charge in [0, 0.05) is 0 Å². The highest BCUT2D eigenvalue weighted by molar-refractivity contribution is 5.95. The molecule has 0 aliphatic rings. The van der Waals surface area contributed by atoms with E-state index in [1.807, 2.05) is 109 Å². The molecule has 0 saturated carbocycles. The Morgan fingerprint density at radius 2 is 1.03 bits per heavy atom. The van der Waals surface area contributed by atoms with Gasteiger partial charge in [0.2, 0.25) is 5.91 Å². The number of carbonyl (C=O) groups excluding carboxylic acids is 1. The van der Waals surface area contributed by atoms with Crippen molar-refractivity contribution in [1.82, 2.24) is 0 Å². The second kappa shape index (κ2) is 11.4. The number of ether oxygens (including phenoxy) is 2. The van der Waals surface area contributed by atoms with E-state index in [0.29, 0.717) is 30.4 Å². The Balaban J connectivity index is 1.33. The molecule has 4 aromatic rings. The van der Waals surface area contributed by atoms with Gasteiger partial charge in [-0.1, -0.05) is 84.9 Å². The Morgan fingerprint density at radius 3 is 1.61 bits per heavy atom. The number of hydrogen-bond acceptors (Lipinski definition) is 4. The van der Waals surface area contributed by atoms with Crippen molar-refractivity contribution in [2.75, 3.05) is 17.2 Å². The molecule has 0 spiro atoms. The Kier molecular flexibility index (Phi) is 7.58. The molecule has 166 valence electrons. The third-order valence-electron chi connectivity index (χ3n) is 4.96. The number of hydrogen-bond donors (Lipinski definition) is 2. The van der Waals surface area contributed by atoms with Crippen LogP contribution in [0.25, 0.3) is 0 Å². The van der Waals surface area contributed by atoms with Crippen molar-refractivity contribution in [2.24, 2.45) is 0 Å². The van der Waals surface area contributed by atoms with Crippen LogP contribution >= 0.6 is 0 Å². The average Bonchev–Trinajstić information content (AvgIpc) is 2.87. The highest BCUT2D eigenvalue weighted by Crippen LogP contribution is 2.26. The molecule has 0 aromatic heterocycles. The lowest BCUT2D eigenvalue weighted by atomic mass is 10.2. The summed E-state index contributed by atoms with van der Waals surface area (Å²) in [7, 11) is 0. The third-order valence-corrected chi connectivity index (χ3v) is 4.96. The van der Waals surface area contributed by atoms with Crippen LogP contribution in [0.15, 0.2) is 109 Å². The van der Waals surface area contributed by atoms with Crippen molar-refractivity contribution >= 4 is 17.3 Å². The SMILES string of the molecule is O=C(CNc1ccccc1OCc1ccccc1)Nc1ccccc1OCc1ccccc1. The van der Waals surface area contributed by atoms with E-state index in [1.165, 1.54) is 0 Å². The minimum Gasteiger partial charge on any atom is -0.487 e. The molecule has 0 atom stereocenters. The fraction of sp³-hybridized carbons (Fsp3) is 0.107. The van der Waals surface area contributed by atoms with Crippen molar-refractivity contribution in [2.45, 2.75) is 13.2 Å². The zero-order valence-electron chi connectivity index (χ0n) is 18.2. The fourth-order valence-corrected chi connectivity index (χ4v) is 3.27. The Bertz CT molecular complexity index is 1160. The normalized spacial score (nSPS) is 10.3. The second-order valence-electron chi connectivity index (χ2n) is 7.44. The van der Waals surface area contributed by atoms with E-state index >= 15 is 0 Å². The molecular weight excluding hydrogens is 412 g/mol. The summed E-state index contributed by atoms with van der Waals surface area (Å²) >= 11 is 0. The highest BCUT2D eigenvalue weighted by Gasteiger charge is 2.10. The van der Waals surface area contributed by atoms with Gasteiger partial charge in [0.15, 0.2) is 0 Å². The zero-order chi connectivity index (χ0) is 22.7. The molecule has 33 heavy (non-hydrogen) atoms. The Labute approximate surface area is 194 Å². The molecule has 0 unspecified atom stereocenters. The highest BCUT2D eigenvalue weighted by atomic mass is 16.5. The molecule has 0 aliphatic carbocycles. The van der Waals surface area contributed by atoms with E-state index in [4.69, 9.17) is 9.47 Å². The van der Waals surface area contributed by atoms with Crippen LogP contribution in [0.3, 0.4) is 0 Å². The lowest BCUT2D eigenvalue weighted by Crippen LogP contribution is -2.22. The summed E-state index contributed by atoms with van der Waals surface area (Å²) in [6.45, 7) is 0.981. The number of para-hydroxylation sites is 4. The van der Waals surface area contributed by atoms with E-state index in [2.05, 4.69) is 10.6 Å². The molecule has 0 radical (unpaired) electrons. The molecule has 0 heterocycles. The summed E-state index contributed by atoms with van der Waals surface area (Å²) in [4.78, 5) is 12.6. The predicted molar refractivity (Wildman–Crippen MR) is 132 cm³/mol. The molecule has 0 aliphatic heterocycles. The first-order chi connectivity index (χ1) is 16.3. The van der Waals surface area contributed by atoms with Crippen LogP contribution in [0.5, 0.6) is 11.5 Å². The van der Waals surface area contributed by atoms with E-state index in [9.17, 15) is 4.79 Å². The zero-order valence-corrected chi connectivity index (χ0v) is 18.2. The predicted octanol–water partition coefficient (Wildman–Crippen LogP) is 5.90. The van der Waals surface area contributed by atoms with Gasteiger partial charge in [-0.2, -0.15) is 0 Å². The number of nitrogens with one attached hydrogen (secondary N) is 2. The van der Waals surface area contributed by atoms with E-state index in [-0.39, 0.29) is 12.5 Å². The van der Waals surface area contributed by atoms with Crippen molar-refractivity contribution < 1.29 is 14.3 Å². The molecule has 2 N–H and O–H groups in total. The van der Waals surface area contributed by atoms with Gasteiger partial charge in [0.25, 0.3) is 0 Å². The van der Waals surface area contributed by atoms with Crippen molar-refractivity contribution in [3.63, 3.8) is 0 Å². The number of carbonyl (C=O) groups is 1. The van der Waals surface area contributed by atoms with Gasteiger partial charge in [-0.05, 0) is 35.4 Å². The molecule has 0 saturated heterocycles. The largest absolute Gasteiger partial charge is 0.487 e. The van der Waals surface area contributed by atoms with Crippen molar-refractivity contribution in [3.05, 3.63) is 120 Å². The molecule has 5 heteroatoms. The fourth-order valence-electron chi connectivity index (χ4n) is 3.27. The molecule has 0 fully saturated rings. The molecular formula is C28H26N2O3. The van der Waals surface area contributed by atoms with Crippen molar-refractivity contribution in [1.29, 1.82) is 0 Å². The van der Waals surface area contributed by atoms with Gasteiger partial charge >= 0.3 is 0 Å². The first-order valence-electron chi connectivity index (χ1n) is 10.8. The number of anilines is 2. The molecule has 4 rings (SSSR count). The minimum absolute atomic E-state index is 0.0960. The maximum Gasteiger partial charge on any atom is 0.243 e. The van der Waals surface area contributed by atoms with Crippen LogP contribution in [0.4, 0.5) is 11.4 Å². The first kappa shape index (κ1) is 22.0. The standard InChI is InChI=1S/C28H26N2O3/c31-28(30-25-16-8-10-18-27(25)33-21-23-13-5-2-6-14-23)19-29-24-15-7-9-17-26(24)32-20-22-11-3-1-4-12-22/h1-18,29H,19-21H2,(H,30,31). The van der Waals surface area contributed by atoms with Crippen LogP contribution in [0, 0.1) is 0 Å². The summed E-state index contributed by atoms with van der Waals surface area (Å²) in [5.41, 5.74) is 3.54. The van der Waals surface area contributed by atoms with E-state index in [1.54, 1.807) is 0 Å². The summed E-state index contributed by atoms with van der Waals surface area (Å²) in [5.74, 6) is 1.14. The van der Waals surface area contributed by atoms with Crippen LogP contribution in [-0.2, 0) is 18.0 Å². The second-order valence-corrected chi connectivity index (χ2v) is 7.44. The van der Waals surface area contributed by atoms with E-state index in [0.717, 1.165) is 16.8 Å². The topological polar surface area (TPSA) is 59.6 Å². The van der Waals surface area contributed by atoms with Crippen LogP contribution in [-0.4, -0.2) is 12.5 Å². The average molecular weight is 439 g/mol. The van der Waals surface area contributed by atoms with Gasteiger partial charge in [-0.3, -0.25) is 4.79 Å². The summed E-state index contributed by atoms with van der Waals surface area (Å²) in [6, 6.07) is 34.9. The van der Waals surface area contributed by atoms with Gasteiger partial charge in [-0.15, -0.1) is 0 Å². The lowest BCUT2D eigenvalue weighted by Gasteiger charge is -2.15. The van der Waals surface area contributed by atoms with Gasteiger partial charge in [-0.25, -0.2) is 0 Å². The summed E-state index contributed by atoms with van der Waals surface area (Å²) in [6.07, 6.45) is 0. The van der Waals surface area contributed by atoms with Gasteiger partial charge in [0.05, 0.1) is 17.9 Å². The number of amides is 1. The lowest BCUT2D eigenvalue weighted by molar-refractivity contribution is -0.114. The molecule has 0 bridgehead atoms. The molecule has 4 aromatic carbocycles.